The van der Waals surface area contributed by atoms with Crippen LogP contribution in [0.4, 0.5) is 5.82 Å². The maximum Gasteiger partial charge on any atom is 0.257 e. The van der Waals surface area contributed by atoms with E-state index in [-0.39, 0.29) is 17.1 Å². The highest BCUT2D eigenvalue weighted by Gasteiger charge is 2.38. The molecule has 0 radical (unpaired) electrons. The fraction of sp³-hybridized carbons (Fsp3) is 0.409. The number of ketones is 1. The van der Waals surface area contributed by atoms with Gasteiger partial charge in [-0.15, -0.1) is 0 Å². The van der Waals surface area contributed by atoms with Crippen LogP contribution >= 0.6 is 34.4 Å². The minimum Gasteiger partial charge on any atom is -0.504 e. The van der Waals surface area contributed by atoms with Gasteiger partial charge in [0.25, 0.3) is 5.56 Å². The van der Waals surface area contributed by atoms with E-state index in [9.17, 15) is 14.7 Å². The van der Waals surface area contributed by atoms with E-state index in [1.54, 1.807) is 12.1 Å². The molecule has 1 unspecified atom stereocenters. The van der Waals surface area contributed by atoms with Crippen LogP contribution in [0.3, 0.4) is 0 Å². The molecule has 2 aromatic rings. The third-order valence-corrected chi connectivity index (χ3v) is 7.36. The van der Waals surface area contributed by atoms with E-state index >= 15 is 0 Å². The standard InChI is InChI=1S/C22H24IN3O4S/c1-3-4-8-31-22-25-20-18(21(29)26-22)16(17-13(24-20)6-5-7-14(17)27)11-9-12(23)19(28)15(10-11)30-2/h9-10,16,28H,3-8H2,1-2H3,(H2,24,25,26,29). The monoisotopic (exact) mass is 553 g/mol. The minimum atomic E-state index is -0.562. The van der Waals surface area contributed by atoms with Crippen molar-refractivity contribution < 1.29 is 14.6 Å². The maximum absolute atomic E-state index is 13.2. The number of phenols is 1. The van der Waals surface area contributed by atoms with E-state index in [1.807, 2.05) is 22.6 Å². The van der Waals surface area contributed by atoms with Crippen molar-refractivity contribution in [2.75, 3.05) is 18.2 Å². The summed E-state index contributed by atoms with van der Waals surface area (Å²) in [7, 11) is 1.48. The molecule has 2 aliphatic rings. The second-order valence-electron chi connectivity index (χ2n) is 7.62. The minimum absolute atomic E-state index is 0.0345. The van der Waals surface area contributed by atoms with Crippen LogP contribution in [0.1, 0.15) is 56.1 Å². The Bertz CT molecular complexity index is 1130. The van der Waals surface area contributed by atoms with E-state index in [2.05, 4.69) is 22.2 Å². The Morgan fingerprint density at radius 1 is 1.32 bits per heavy atom. The predicted octanol–water partition coefficient (Wildman–Crippen LogP) is 4.55. The summed E-state index contributed by atoms with van der Waals surface area (Å²) in [5, 5.41) is 14.2. The smallest absolute Gasteiger partial charge is 0.257 e. The fourth-order valence-corrected chi connectivity index (χ4v) is 5.64. The number of halogens is 1. The molecule has 2 heterocycles. The van der Waals surface area contributed by atoms with Crippen molar-refractivity contribution in [3.05, 3.63) is 48.5 Å². The van der Waals surface area contributed by atoms with Crippen LogP contribution in [0.2, 0.25) is 0 Å². The Morgan fingerprint density at radius 3 is 2.87 bits per heavy atom. The number of carbonyl (C=O) groups is 1. The average molecular weight is 553 g/mol. The first-order valence-corrected chi connectivity index (χ1v) is 12.4. The topological polar surface area (TPSA) is 104 Å². The normalized spacial score (nSPS) is 17.8. The number of allylic oxidation sites excluding steroid dienone is 2. The zero-order valence-electron chi connectivity index (χ0n) is 17.4. The summed E-state index contributed by atoms with van der Waals surface area (Å²) < 4.78 is 5.93. The molecule has 1 atom stereocenters. The first kappa shape index (κ1) is 22.2. The average Bonchev–Trinajstić information content (AvgIpc) is 2.74. The number of thioether (sulfide) groups is 1. The van der Waals surface area contributed by atoms with Crippen molar-refractivity contribution in [3.8, 4) is 11.5 Å². The number of Topliss-reactive ketones (excluding diaryl/α,β-unsaturated/α-hetero) is 1. The fourth-order valence-electron chi connectivity index (χ4n) is 4.07. The zero-order chi connectivity index (χ0) is 22.1. The zero-order valence-corrected chi connectivity index (χ0v) is 20.4. The van der Waals surface area contributed by atoms with Crippen LogP contribution < -0.4 is 15.6 Å². The lowest BCUT2D eigenvalue weighted by atomic mass is 9.76. The van der Waals surface area contributed by atoms with Crippen LogP contribution in [-0.4, -0.2) is 33.7 Å². The summed E-state index contributed by atoms with van der Waals surface area (Å²) in [6.45, 7) is 2.12. The Labute approximate surface area is 198 Å². The second-order valence-corrected chi connectivity index (χ2v) is 9.86. The van der Waals surface area contributed by atoms with Gasteiger partial charge in [0.2, 0.25) is 0 Å². The Balaban J connectivity index is 1.89. The number of aromatic hydroxyl groups is 1. The number of nitrogens with zero attached hydrogens (tertiary/aromatic N) is 1. The summed E-state index contributed by atoms with van der Waals surface area (Å²) in [6, 6.07) is 3.50. The molecular formula is C22H24IN3O4S. The van der Waals surface area contributed by atoms with Crippen LogP contribution in [0, 0.1) is 3.57 Å². The van der Waals surface area contributed by atoms with Gasteiger partial charge in [-0.05, 0) is 59.5 Å². The molecule has 4 rings (SSSR count). The number of fused-ring (bicyclic) bond motifs is 1. The molecule has 0 bridgehead atoms. The number of ether oxygens (including phenoxy) is 1. The molecule has 1 aromatic heterocycles. The van der Waals surface area contributed by atoms with Crippen molar-refractivity contribution >= 4 is 46.0 Å². The number of methoxy groups -OCH3 is 1. The van der Waals surface area contributed by atoms with Gasteiger partial charge < -0.3 is 20.1 Å². The van der Waals surface area contributed by atoms with Gasteiger partial charge >= 0.3 is 0 Å². The number of aromatic nitrogens is 2. The van der Waals surface area contributed by atoms with E-state index in [0.717, 1.165) is 42.7 Å². The first-order valence-electron chi connectivity index (χ1n) is 10.3. The molecule has 1 aliphatic carbocycles. The van der Waals surface area contributed by atoms with Crippen molar-refractivity contribution in [1.82, 2.24) is 9.97 Å². The third-order valence-electron chi connectivity index (χ3n) is 5.58. The highest BCUT2D eigenvalue weighted by atomic mass is 127. The Hall–Kier alpha value is -2.01. The van der Waals surface area contributed by atoms with Gasteiger partial charge in [0, 0.05) is 29.4 Å². The highest BCUT2D eigenvalue weighted by Crippen LogP contribution is 2.46. The number of aromatic amines is 1. The number of H-pyrrole nitrogens is 1. The molecule has 0 saturated carbocycles. The van der Waals surface area contributed by atoms with Crippen molar-refractivity contribution in [1.29, 1.82) is 0 Å². The number of anilines is 1. The predicted molar refractivity (Wildman–Crippen MR) is 129 cm³/mol. The molecule has 7 nitrogen and oxygen atoms in total. The molecule has 0 fully saturated rings. The number of unbranched alkanes of at least 4 members (excludes halogenated alkanes) is 1. The lowest BCUT2D eigenvalue weighted by Gasteiger charge is -2.33. The lowest BCUT2D eigenvalue weighted by Crippen LogP contribution is -2.32. The summed E-state index contributed by atoms with van der Waals surface area (Å²) in [6.07, 6.45) is 4.06. The van der Waals surface area contributed by atoms with E-state index in [1.165, 1.54) is 18.9 Å². The first-order chi connectivity index (χ1) is 14.9. The third kappa shape index (κ3) is 4.21. The maximum atomic E-state index is 13.2. The molecule has 1 aromatic carbocycles. The molecule has 3 N–H and O–H groups in total. The second kappa shape index (κ2) is 9.23. The Morgan fingerprint density at radius 2 is 2.13 bits per heavy atom. The molecule has 164 valence electrons. The highest BCUT2D eigenvalue weighted by molar-refractivity contribution is 14.1. The SMILES string of the molecule is CCCCSc1nc2c(c(=O)[nH]1)C(c1cc(I)c(O)c(OC)c1)C1=C(CCCC1=O)N2. The Kier molecular flexibility index (Phi) is 6.61. The molecule has 31 heavy (non-hydrogen) atoms. The van der Waals surface area contributed by atoms with E-state index in [0.29, 0.717) is 37.9 Å². The molecule has 0 spiro atoms. The molecule has 0 saturated heterocycles. The van der Waals surface area contributed by atoms with E-state index in [4.69, 9.17) is 4.74 Å². The number of carbonyl (C=O) groups excluding carboxylic acids is 1. The summed E-state index contributed by atoms with van der Waals surface area (Å²) in [5.74, 6) is 1.20. The summed E-state index contributed by atoms with van der Waals surface area (Å²) in [5.41, 5.74) is 2.34. The van der Waals surface area contributed by atoms with Crippen LogP contribution in [0.15, 0.2) is 33.4 Å². The number of benzene rings is 1. The number of rotatable bonds is 6. The lowest BCUT2D eigenvalue weighted by molar-refractivity contribution is -0.116. The van der Waals surface area contributed by atoms with Gasteiger partial charge in [-0.3, -0.25) is 9.59 Å². The van der Waals surface area contributed by atoms with Crippen LogP contribution in [-0.2, 0) is 4.79 Å². The number of nitrogens with one attached hydrogen (secondary N) is 2. The van der Waals surface area contributed by atoms with Gasteiger partial charge in [-0.25, -0.2) is 4.98 Å². The molecular weight excluding hydrogens is 529 g/mol. The largest absolute Gasteiger partial charge is 0.504 e. The van der Waals surface area contributed by atoms with Gasteiger partial charge in [0.1, 0.15) is 5.82 Å². The number of hydrogen-bond donors (Lipinski definition) is 3. The van der Waals surface area contributed by atoms with Crippen molar-refractivity contribution in [2.45, 2.75) is 50.1 Å². The summed E-state index contributed by atoms with van der Waals surface area (Å²) >= 11 is 3.55. The van der Waals surface area contributed by atoms with Gasteiger partial charge in [0.05, 0.1) is 16.2 Å². The molecule has 1 aliphatic heterocycles. The van der Waals surface area contributed by atoms with Crippen LogP contribution in [0.25, 0.3) is 0 Å². The quantitative estimate of drug-likeness (QED) is 0.209. The van der Waals surface area contributed by atoms with E-state index < -0.39 is 5.92 Å². The molecule has 9 heteroatoms. The van der Waals surface area contributed by atoms with Gasteiger partial charge in [-0.1, -0.05) is 25.1 Å². The van der Waals surface area contributed by atoms with Crippen molar-refractivity contribution in [2.24, 2.45) is 0 Å². The van der Waals surface area contributed by atoms with Gasteiger partial charge in [0.15, 0.2) is 22.4 Å². The van der Waals surface area contributed by atoms with Crippen molar-refractivity contribution in [3.63, 3.8) is 0 Å². The van der Waals surface area contributed by atoms with Crippen LogP contribution in [0.5, 0.6) is 11.5 Å². The number of phenolic OH excluding ortho intramolecular Hbond substituents is 1. The van der Waals surface area contributed by atoms with Gasteiger partial charge in [-0.2, -0.15) is 0 Å². The molecule has 0 amide bonds. The number of hydrogen-bond acceptors (Lipinski definition) is 7. The summed E-state index contributed by atoms with van der Waals surface area (Å²) in [4.78, 5) is 33.8.